The van der Waals surface area contributed by atoms with Gasteiger partial charge in [0, 0.05) is 39.1 Å². The van der Waals surface area contributed by atoms with Crippen LogP contribution in [-0.2, 0) is 4.74 Å². The lowest BCUT2D eigenvalue weighted by Gasteiger charge is -2.35. The molecule has 1 unspecified atom stereocenters. The molecule has 0 spiro atoms. The van der Waals surface area contributed by atoms with E-state index in [1.54, 1.807) is 7.11 Å². The smallest absolute Gasteiger partial charge is 0.255 e. The molecule has 2 heterocycles. The van der Waals surface area contributed by atoms with E-state index in [-0.39, 0.29) is 22.5 Å². The normalized spacial score (nSPS) is 22.5. The Balaban J connectivity index is 1.63. The van der Waals surface area contributed by atoms with E-state index in [9.17, 15) is 9.90 Å². The average molecular weight is 414 g/mol. The largest absolute Gasteiger partial charge is 0.489 e. The number of rotatable bonds is 6. The van der Waals surface area contributed by atoms with Gasteiger partial charge in [-0.15, -0.1) is 0 Å². The summed E-state index contributed by atoms with van der Waals surface area (Å²) in [5.74, 6) is 0.308. The Morgan fingerprint density at radius 1 is 1.43 bits per heavy atom. The molecule has 2 aliphatic heterocycles. The number of benzene rings is 1. The predicted octanol–water partition coefficient (Wildman–Crippen LogP) is 1.14. The molecule has 4 N–H and O–H groups in total. The van der Waals surface area contributed by atoms with Crippen molar-refractivity contribution < 1.29 is 24.1 Å². The Morgan fingerprint density at radius 2 is 2.18 bits per heavy atom. The fourth-order valence-corrected chi connectivity index (χ4v) is 3.71. The quantitative estimate of drug-likeness (QED) is 0.600. The minimum absolute atomic E-state index is 0.0110. The number of nitrogen functional groups attached to an aromatic ring is 1. The lowest BCUT2D eigenvalue weighted by molar-refractivity contribution is 0.0132. The number of carbonyl (C=O) groups excluding carboxylic acids is 1. The van der Waals surface area contributed by atoms with E-state index < -0.39 is 6.10 Å². The van der Waals surface area contributed by atoms with Crippen molar-refractivity contribution >= 4 is 23.2 Å². The minimum Gasteiger partial charge on any atom is -0.489 e. The maximum absolute atomic E-state index is 12.8. The summed E-state index contributed by atoms with van der Waals surface area (Å²) in [5.41, 5.74) is 6.51. The summed E-state index contributed by atoms with van der Waals surface area (Å²) >= 11 is 6.22. The number of β-amino-alcohol motifs (C(OH)–C–C–N with tert-alkyl or cyclic N) is 1. The van der Waals surface area contributed by atoms with E-state index in [4.69, 9.17) is 31.5 Å². The second kappa shape index (κ2) is 9.65. The zero-order valence-corrected chi connectivity index (χ0v) is 16.8. The zero-order valence-electron chi connectivity index (χ0n) is 16.1. The van der Waals surface area contributed by atoms with E-state index in [1.165, 1.54) is 6.07 Å². The van der Waals surface area contributed by atoms with Crippen molar-refractivity contribution in [3.8, 4) is 11.5 Å². The molecular formula is C19H28ClN3O5. The maximum atomic E-state index is 12.8. The first kappa shape index (κ1) is 21.0. The number of amides is 1. The first-order valence-corrected chi connectivity index (χ1v) is 9.94. The van der Waals surface area contributed by atoms with Crippen molar-refractivity contribution in [2.45, 2.75) is 18.9 Å². The molecule has 0 saturated carbocycles. The van der Waals surface area contributed by atoms with Gasteiger partial charge in [-0.1, -0.05) is 11.6 Å². The van der Waals surface area contributed by atoms with Gasteiger partial charge in [0.15, 0.2) is 11.5 Å². The van der Waals surface area contributed by atoms with Gasteiger partial charge in [-0.3, -0.25) is 9.69 Å². The van der Waals surface area contributed by atoms with Gasteiger partial charge in [0.25, 0.3) is 5.91 Å². The van der Waals surface area contributed by atoms with Crippen LogP contribution in [0.4, 0.5) is 5.69 Å². The van der Waals surface area contributed by atoms with Gasteiger partial charge in [0.1, 0.15) is 5.02 Å². The Bertz CT molecular complexity index is 703. The zero-order chi connectivity index (χ0) is 20.1. The maximum Gasteiger partial charge on any atom is 0.255 e. The summed E-state index contributed by atoms with van der Waals surface area (Å²) in [5, 5.41) is 13.6. The molecule has 28 heavy (non-hydrogen) atoms. The van der Waals surface area contributed by atoms with Gasteiger partial charge in [0.2, 0.25) is 0 Å². The molecule has 3 rings (SSSR count). The lowest BCUT2D eigenvalue weighted by atomic mass is 9.93. The molecule has 1 saturated heterocycles. The first-order valence-electron chi connectivity index (χ1n) is 9.56. The number of methoxy groups -OCH3 is 1. The molecule has 8 nitrogen and oxygen atoms in total. The average Bonchev–Trinajstić information content (AvgIpc) is 2.94. The molecule has 1 fully saturated rings. The minimum atomic E-state index is -0.502. The molecule has 0 aliphatic carbocycles. The van der Waals surface area contributed by atoms with Crippen LogP contribution in [0.3, 0.4) is 0 Å². The van der Waals surface area contributed by atoms with E-state index in [0.29, 0.717) is 56.4 Å². The summed E-state index contributed by atoms with van der Waals surface area (Å²) in [6.07, 6.45) is 0.990. The third-order valence-electron chi connectivity index (χ3n) is 5.17. The number of hydrogen-bond donors (Lipinski definition) is 3. The van der Waals surface area contributed by atoms with Crippen LogP contribution in [-0.4, -0.2) is 75.1 Å². The molecule has 9 heteroatoms. The van der Waals surface area contributed by atoms with Crippen LogP contribution < -0.4 is 20.5 Å². The van der Waals surface area contributed by atoms with Crippen molar-refractivity contribution in [3.63, 3.8) is 0 Å². The van der Waals surface area contributed by atoms with Crippen molar-refractivity contribution in [2.75, 3.05) is 58.8 Å². The fourth-order valence-electron chi connectivity index (χ4n) is 3.51. The second-order valence-electron chi connectivity index (χ2n) is 7.16. The topological polar surface area (TPSA) is 106 Å². The van der Waals surface area contributed by atoms with E-state index in [1.807, 2.05) is 0 Å². The summed E-state index contributed by atoms with van der Waals surface area (Å²) in [7, 11) is 1.66. The molecule has 2 atom stereocenters. The lowest BCUT2D eigenvalue weighted by Crippen LogP contribution is -2.48. The van der Waals surface area contributed by atoms with Crippen molar-refractivity contribution in [1.82, 2.24) is 10.2 Å². The number of anilines is 1. The molecule has 1 aromatic rings. The number of nitrogens with two attached hydrogens (primary N) is 1. The van der Waals surface area contributed by atoms with Gasteiger partial charge in [-0.2, -0.15) is 0 Å². The van der Waals surface area contributed by atoms with Crippen molar-refractivity contribution in [1.29, 1.82) is 0 Å². The van der Waals surface area contributed by atoms with E-state index in [0.717, 1.165) is 19.5 Å². The predicted molar refractivity (Wildman–Crippen MR) is 106 cm³/mol. The number of ether oxygens (including phenoxy) is 3. The number of carbonyl (C=O) groups is 1. The third kappa shape index (κ3) is 4.81. The molecule has 1 aromatic carbocycles. The standard InChI is InChI=1S/C19H28ClN3O5/c1-26-8-5-23-4-3-12(15(24)11-23)10-22-19(25)13-9-14(21)16(20)18-17(13)27-6-2-7-28-18/h9,12,15,24H,2-8,10-11,21H2,1H3,(H,22,25)/t12-,15?/m0/s1. The first-order chi connectivity index (χ1) is 13.5. The third-order valence-corrected chi connectivity index (χ3v) is 5.56. The van der Waals surface area contributed by atoms with Crippen LogP contribution in [0.25, 0.3) is 0 Å². The highest BCUT2D eigenvalue weighted by molar-refractivity contribution is 6.35. The molecule has 1 amide bonds. The Kier molecular flexibility index (Phi) is 7.23. The molecule has 0 radical (unpaired) electrons. The van der Waals surface area contributed by atoms with Crippen LogP contribution in [0, 0.1) is 5.92 Å². The number of nitrogens with one attached hydrogen (secondary N) is 1. The Morgan fingerprint density at radius 3 is 2.89 bits per heavy atom. The Labute approximate surface area is 169 Å². The van der Waals surface area contributed by atoms with Crippen LogP contribution in [0.15, 0.2) is 6.07 Å². The number of hydrogen-bond acceptors (Lipinski definition) is 7. The van der Waals surface area contributed by atoms with Crippen molar-refractivity contribution in [2.24, 2.45) is 5.92 Å². The van der Waals surface area contributed by atoms with E-state index >= 15 is 0 Å². The SMILES string of the molecule is COCCN1CC[C@@H](CNC(=O)c2cc(N)c(Cl)c3c2OCCCO3)C(O)C1. The molecule has 156 valence electrons. The number of aliphatic hydroxyl groups is 1. The van der Waals surface area contributed by atoms with Crippen molar-refractivity contribution in [3.05, 3.63) is 16.7 Å². The number of nitrogens with zero attached hydrogens (tertiary/aromatic N) is 1. The summed E-state index contributed by atoms with van der Waals surface area (Å²) in [6, 6.07) is 1.51. The summed E-state index contributed by atoms with van der Waals surface area (Å²) in [4.78, 5) is 15.0. The van der Waals surface area contributed by atoms with Gasteiger partial charge < -0.3 is 30.4 Å². The highest BCUT2D eigenvalue weighted by atomic mass is 35.5. The molecule has 0 bridgehead atoms. The molecule has 0 aromatic heterocycles. The summed E-state index contributed by atoms with van der Waals surface area (Å²) < 4.78 is 16.4. The number of fused-ring (bicyclic) bond motifs is 1. The van der Waals surface area contributed by atoms with E-state index in [2.05, 4.69) is 10.2 Å². The number of halogens is 1. The van der Waals surface area contributed by atoms with Gasteiger partial charge in [-0.25, -0.2) is 0 Å². The van der Waals surface area contributed by atoms with Crippen LogP contribution in [0.5, 0.6) is 11.5 Å². The molecular weight excluding hydrogens is 386 g/mol. The van der Waals surface area contributed by atoms with Gasteiger partial charge >= 0.3 is 0 Å². The van der Waals surface area contributed by atoms with Crippen LogP contribution in [0.2, 0.25) is 5.02 Å². The van der Waals surface area contributed by atoms with Gasteiger partial charge in [0.05, 0.1) is 37.2 Å². The number of piperidine rings is 1. The van der Waals surface area contributed by atoms with Gasteiger partial charge in [-0.05, 0) is 19.0 Å². The summed E-state index contributed by atoms with van der Waals surface area (Å²) in [6.45, 7) is 4.12. The number of aliphatic hydroxyl groups excluding tert-OH is 1. The molecule has 2 aliphatic rings. The number of likely N-dealkylation sites (tertiary alicyclic amines) is 1. The Hall–Kier alpha value is -1.74. The highest BCUT2D eigenvalue weighted by Crippen LogP contribution is 2.43. The second-order valence-corrected chi connectivity index (χ2v) is 7.53. The highest BCUT2D eigenvalue weighted by Gasteiger charge is 2.29. The fraction of sp³-hybridized carbons (Fsp3) is 0.632. The van der Waals surface area contributed by atoms with Crippen LogP contribution >= 0.6 is 11.6 Å². The van der Waals surface area contributed by atoms with Crippen LogP contribution in [0.1, 0.15) is 23.2 Å². The monoisotopic (exact) mass is 413 g/mol.